The Kier molecular flexibility index (Phi) is 6.73. The molecule has 0 saturated heterocycles. The maximum atomic E-state index is 5.43. The van der Waals surface area contributed by atoms with Crippen LogP contribution in [0.25, 0.3) is 0 Å². The molecule has 1 aromatic rings. The monoisotopic (exact) mass is 345 g/mol. The standard InChI is InChI=1S/C20H31N3O2/c1-6-21-19(23-16-9-7-8-10-16)22-14-20(2,3)15-11-12-17(24-4)18(13-15)25-5/h7-8,11-13,16H,6,9-10,14H2,1-5H3,(H2,21,22,23). The lowest BCUT2D eigenvalue weighted by molar-refractivity contribution is 0.353. The minimum Gasteiger partial charge on any atom is -0.493 e. The van der Waals surface area contributed by atoms with Crippen LogP contribution in [0.5, 0.6) is 11.5 Å². The number of hydrogen-bond acceptors (Lipinski definition) is 3. The lowest BCUT2D eigenvalue weighted by Crippen LogP contribution is -2.43. The number of guanidine groups is 1. The normalized spacial score (nSPS) is 15.3. The van der Waals surface area contributed by atoms with Gasteiger partial charge >= 0.3 is 0 Å². The first kappa shape index (κ1) is 19.2. The predicted molar refractivity (Wildman–Crippen MR) is 104 cm³/mol. The summed E-state index contributed by atoms with van der Waals surface area (Å²) in [5.74, 6) is 2.37. The highest BCUT2D eigenvalue weighted by molar-refractivity contribution is 5.80. The van der Waals surface area contributed by atoms with Gasteiger partial charge in [-0.3, -0.25) is 4.99 Å². The molecule has 1 aliphatic rings. The average Bonchev–Trinajstić information content (AvgIpc) is 3.12. The van der Waals surface area contributed by atoms with Gasteiger partial charge in [-0.1, -0.05) is 32.1 Å². The van der Waals surface area contributed by atoms with Crippen molar-refractivity contribution < 1.29 is 9.47 Å². The number of nitrogens with one attached hydrogen (secondary N) is 2. The first-order valence-corrected chi connectivity index (χ1v) is 8.92. The Labute approximate surface area is 151 Å². The number of methoxy groups -OCH3 is 2. The number of benzene rings is 1. The van der Waals surface area contributed by atoms with E-state index in [4.69, 9.17) is 14.5 Å². The molecule has 5 heteroatoms. The Morgan fingerprint density at radius 3 is 2.44 bits per heavy atom. The zero-order valence-electron chi connectivity index (χ0n) is 16.1. The van der Waals surface area contributed by atoms with Gasteiger partial charge in [0.15, 0.2) is 17.5 Å². The number of hydrogen-bond donors (Lipinski definition) is 2. The van der Waals surface area contributed by atoms with E-state index in [0.29, 0.717) is 12.6 Å². The molecule has 5 nitrogen and oxygen atoms in total. The Morgan fingerprint density at radius 1 is 1.16 bits per heavy atom. The second-order valence-electron chi connectivity index (χ2n) is 6.93. The highest BCUT2D eigenvalue weighted by Gasteiger charge is 2.23. The summed E-state index contributed by atoms with van der Waals surface area (Å²) < 4.78 is 10.8. The molecule has 25 heavy (non-hydrogen) atoms. The zero-order valence-corrected chi connectivity index (χ0v) is 16.1. The molecule has 2 rings (SSSR count). The van der Waals surface area contributed by atoms with Gasteiger partial charge in [0.25, 0.3) is 0 Å². The second-order valence-corrected chi connectivity index (χ2v) is 6.93. The quantitative estimate of drug-likeness (QED) is 0.452. The van der Waals surface area contributed by atoms with Crippen molar-refractivity contribution in [3.05, 3.63) is 35.9 Å². The van der Waals surface area contributed by atoms with Crippen LogP contribution in [0.3, 0.4) is 0 Å². The van der Waals surface area contributed by atoms with Crippen molar-refractivity contribution in [3.8, 4) is 11.5 Å². The van der Waals surface area contributed by atoms with Crippen LogP contribution in [0, 0.1) is 0 Å². The average molecular weight is 345 g/mol. The summed E-state index contributed by atoms with van der Waals surface area (Å²) in [6.07, 6.45) is 6.55. The Hall–Kier alpha value is -2.17. The minimum absolute atomic E-state index is 0.115. The summed E-state index contributed by atoms with van der Waals surface area (Å²) >= 11 is 0. The summed E-state index contributed by atoms with van der Waals surface area (Å²) in [5, 5.41) is 6.85. The molecule has 0 spiro atoms. The van der Waals surface area contributed by atoms with Gasteiger partial charge in [0.05, 0.1) is 20.8 Å². The molecule has 0 heterocycles. The van der Waals surface area contributed by atoms with Crippen molar-refractivity contribution in [1.82, 2.24) is 10.6 Å². The Balaban J connectivity index is 2.11. The molecular weight excluding hydrogens is 314 g/mol. The molecular formula is C20H31N3O2. The summed E-state index contributed by atoms with van der Waals surface area (Å²) in [6, 6.07) is 6.52. The van der Waals surface area contributed by atoms with Crippen molar-refractivity contribution in [2.45, 2.75) is 45.1 Å². The number of ether oxygens (including phenoxy) is 2. The van der Waals surface area contributed by atoms with E-state index in [1.807, 2.05) is 12.1 Å². The van der Waals surface area contributed by atoms with E-state index >= 15 is 0 Å². The smallest absolute Gasteiger partial charge is 0.191 e. The highest BCUT2D eigenvalue weighted by Crippen LogP contribution is 2.33. The maximum Gasteiger partial charge on any atom is 0.191 e. The van der Waals surface area contributed by atoms with Crippen molar-refractivity contribution in [2.24, 2.45) is 4.99 Å². The van der Waals surface area contributed by atoms with Crippen molar-refractivity contribution >= 4 is 5.96 Å². The van der Waals surface area contributed by atoms with E-state index in [0.717, 1.165) is 36.8 Å². The van der Waals surface area contributed by atoms with Crippen LogP contribution >= 0.6 is 0 Å². The fourth-order valence-electron chi connectivity index (χ4n) is 2.87. The van der Waals surface area contributed by atoms with Crippen LogP contribution in [-0.4, -0.2) is 39.3 Å². The number of nitrogens with zero attached hydrogens (tertiary/aromatic N) is 1. The summed E-state index contributed by atoms with van der Waals surface area (Å²) in [5.41, 5.74) is 1.06. The Bertz CT molecular complexity index is 615. The Morgan fingerprint density at radius 2 is 1.84 bits per heavy atom. The minimum atomic E-state index is -0.115. The van der Waals surface area contributed by atoms with E-state index < -0.39 is 0 Å². The third kappa shape index (κ3) is 5.15. The molecule has 0 atom stereocenters. The van der Waals surface area contributed by atoms with Crippen LogP contribution in [-0.2, 0) is 5.41 Å². The van der Waals surface area contributed by atoms with Gasteiger partial charge in [-0.15, -0.1) is 0 Å². The van der Waals surface area contributed by atoms with E-state index in [2.05, 4.69) is 49.6 Å². The van der Waals surface area contributed by atoms with Gasteiger partial charge in [0.1, 0.15) is 0 Å². The first-order chi connectivity index (χ1) is 12.0. The molecule has 0 bridgehead atoms. The van der Waals surface area contributed by atoms with Crippen molar-refractivity contribution in [3.63, 3.8) is 0 Å². The van der Waals surface area contributed by atoms with Crippen LogP contribution < -0.4 is 20.1 Å². The highest BCUT2D eigenvalue weighted by atomic mass is 16.5. The molecule has 2 N–H and O–H groups in total. The molecule has 0 aliphatic heterocycles. The molecule has 1 aromatic carbocycles. The van der Waals surface area contributed by atoms with Gasteiger partial charge in [0.2, 0.25) is 0 Å². The van der Waals surface area contributed by atoms with E-state index in [-0.39, 0.29) is 5.41 Å². The van der Waals surface area contributed by atoms with Crippen LogP contribution in [0.1, 0.15) is 39.2 Å². The van der Waals surface area contributed by atoms with Crippen molar-refractivity contribution in [1.29, 1.82) is 0 Å². The SMILES string of the molecule is CCNC(=NCC(C)(C)c1ccc(OC)c(OC)c1)NC1CC=CC1. The van der Waals surface area contributed by atoms with Crippen LogP contribution in [0.2, 0.25) is 0 Å². The molecule has 0 radical (unpaired) electrons. The largest absolute Gasteiger partial charge is 0.493 e. The summed E-state index contributed by atoms with van der Waals surface area (Å²) in [6.45, 7) is 8.00. The third-order valence-corrected chi connectivity index (χ3v) is 4.49. The second kappa shape index (κ2) is 8.79. The third-order valence-electron chi connectivity index (χ3n) is 4.49. The molecule has 0 fully saturated rings. The maximum absolute atomic E-state index is 5.43. The lowest BCUT2D eigenvalue weighted by atomic mass is 9.84. The lowest BCUT2D eigenvalue weighted by Gasteiger charge is -2.25. The number of rotatable bonds is 7. The van der Waals surface area contributed by atoms with E-state index in [1.54, 1.807) is 14.2 Å². The fraction of sp³-hybridized carbons (Fsp3) is 0.550. The molecule has 138 valence electrons. The van der Waals surface area contributed by atoms with E-state index in [9.17, 15) is 0 Å². The van der Waals surface area contributed by atoms with E-state index in [1.165, 1.54) is 5.56 Å². The van der Waals surface area contributed by atoms with Gasteiger partial charge in [-0.25, -0.2) is 0 Å². The van der Waals surface area contributed by atoms with Gasteiger partial charge in [-0.2, -0.15) is 0 Å². The number of aliphatic imine (C=N–C) groups is 1. The van der Waals surface area contributed by atoms with Gasteiger partial charge in [-0.05, 0) is 37.5 Å². The first-order valence-electron chi connectivity index (χ1n) is 8.92. The molecule has 0 amide bonds. The van der Waals surface area contributed by atoms with Gasteiger partial charge in [0, 0.05) is 18.0 Å². The molecule has 0 saturated carbocycles. The predicted octanol–water partition coefficient (Wildman–Crippen LogP) is 3.26. The zero-order chi connectivity index (χ0) is 18.3. The van der Waals surface area contributed by atoms with Crippen LogP contribution in [0.15, 0.2) is 35.3 Å². The summed E-state index contributed by atoms with van der Waals surface area (Å²) in [4.78, 5) is 4.82. The topological polar surface area (TPSA) is 54.9 Å². The van der Waals surface area contributed by atoms with Gasteiger partial charge < -0.3 is 20.1 Å². The summed E-state index contributed by atoms with van der Waals surface area (Å²) in [7, 11) is 3.31. The molecule has 1 aliphatic carbocycles. The molecule has 0 unspecified atom stereocenters. The van der Waals surface area contributed by atoms with Crippen molar-refractivity contribution in [2.75, 3.05) is 27.3 Å². The fourth-order valence-corrected chi connectivity index (χ4v) is 2.87. The molecule has 0 aromatic heterocycles. The van der Waals surface area contributed by atoms with Crippen LogP contribution in [0.4, 0.5) is 0 Å².